The molecule has 3 rings (SSSR count). The summed E-state index contributed by atoms with van der Waals surface area (Å²) in [5.41, 5.74) is 0.833. The largest absolute Gasteiger partial charge is 0.355 e. The Kier molecular flexibility index (Phi) is 8.31. The van der Waals surface area contributed by atoms with E-state index in [0.29, 0.717) is 36.1 Å². The monoisotopic (exact) mass is 399 g/mol. The molecule has 1 fully saturated rings. The van der Waals surface area contributed by atoms with Gasteiger partial charge in [0.05, 0.1) is 0 Å². The van der Waals surface area contributed by atoms with Crippen LogP contribution in [0.1, 0.15) is 12.3 Å². The molecule has 1 amide bonds. The predicted molar refractivity (Wildman–Crippen MR) is 103 cm³/mol. The zero-order chi connectivity index (χ0) is 17.5. The summed E-state index contributed by atoms with van der Waals surface area (Å²) in [6.07, 6.45) is 0.768. The highest BCUT2D eigenvalue weighted by atomic mass is 35.5. The zero-order valence-corrected chi connectivity index (χ0v) is 16.0. The van der Waals surface area contributed by atoms with Crippen molar-refractivity contribution in [1.82, 2.24) is 25.7 Å². The fourth-order valence-electron chi connectivity index (χ4n) is 2.67. The van der Waals surface area contributed by atoms with Crippen molar-refractivity contribution in [1.29, 1.82) is 0 Å². The molecule has 1 aromatic carbocycles. The van der Waals surface area contributed by atoms with E-state index in [0.717, 1.165) is 38.3 Å². The molecule has 0 saturated carbocycles. The van der Waals surface area contributed by atoms with Crippen molar-refractivity contribution >= 4 is 29.9 Å². The number of aromatic nitrogens is 2. The average Bonchev–Trinajstić information content (AvgIpc) is 3.10. The molecule has 0 bridgehead atoms. The molecule has 9 heteroatoms. The molecule has 0 atom stereocenters. The summed E-state index contributed by atoms with van der Waals surface area (Å²) in [6.45, 7) is 5.65. The van der Waals surface area contributed by atoms with Gasteiger partial charge in [-0.25, -0.2) is 0 Å². The minimum Gasteiger partial charge on any atom is -0.355 e. The summed E-state index contributed by atoms with van der Waals surface area (Å²) in [5.74, 6) is 0.967. The van der Waals surface area contributed by atoms with Gasteiger partial charge in [-0.1, -0.05) is 16.8 Å². The van der Waals surface area contributed by atoms with Crippen LogP contribution >= 0.6 is 24.0 Å². The fraction of sp³-hybridized carbons (Fsp3) is 0.471. The van der Waals surface area contributed by atoms with E-state index in [1.54, 1.807) is 12.1 Å². The highest BCUT2D eigenvalue weighted by Crippen LogP contribution is 2.18. The number of benzene rings is 1. The van der Waals surface area contributed by atoms with Crippen LogP contribution in [-0.4, -0.2) is 60.2 Å². The Hall–Kier alpha value is -1.67. The highest BCUT2D eigenvalue weighted by Gasteiger charge is 2.12. The molecular formula is C17H23Cl2N5O2. The van der Waals surface area contributed by atoms with Crippen LogP contribution in [0.3, 0.4) is 0 Å². The molecule has 1 aliphatic heterocycles. The molecular weight excluding hydrogens is 377 g/mol. The van der Waals surface area contributed by atoms with Crippen molar-refractivity contribution in [2.45, 2.75) is 12.8 Å². The maximum atomic E-state index is 11.9. The van der Waals surface area contributed by atoms with Crippen LogP contribution in [0, 0.1) is 0 Å². The summed E-state index contributed by atoms with van der Waals surface area (Å²) in [4.78, 5) is 18.6. The van der Waals surface area contributed by atoms with Gasteiger partial charge in [0.25, 0.3) is 0 Å². The summed E-state index contributed by atoms with van der Waals surface area (Å²) in [7, 11) is 0. The number of piperazine rings is 1. The number of carbonyl (C=O) groups is 1. The Bertz CT molecular complexity index is 687. The number of halogens is 2. The molecule has 1 aromatic heterocycles. The molecule has 2 heterocycles. The Balaban J connectivity index is 0.00000243. The summed E-state index contributed by atoms with van der Waals surface area (Å²) in [6, 6.07) is 7.22. The van der Waals surface area contributed by atoms with Crippen molar-refractivity contribution in [3.63, 3.8) is 0 Å². The van der Waals surface area contributed by atoms with Crippen LogP contribution in [0.4, 0.5) is 0 Å². The number of rotatable bonds is 7. The topological polar surface area (TPSA) is 83.3 Å². The van der Waals surface area contributed by atoms with Crippen LogP contribution in [-0.2, 0) is 11.2 Å². The third-order valence-corrected chi connectivity index (χ3v) is 4.35. The van der Waals surface area contributed by atoms with Crippen LogP contribution in [0.15, 0.2) is 28.8 Å². The minimum absolute atomic E-state index is 0. The lowest BCUT2D eigenvalue weighted by Gasteiger charge is -2.27. The summed E-state index contributed by atoms with van der Waals surface area (Å²) >= 11 is 5.87. The van der Waals surface area contributed by atoms with Gasteiger partial charge in [0.2, 0.25) is 17.6 Å². The van der Waals surface area contributed by atoms with E-state index in [1.165, 1.54) is 0 Å². The maximum Gasteiger partial charge on any atom is 0.227 e. The number of hydrogen-bond donors (Lipinski definition) is 2. The van der Waals surface area contributed by atoms with E-state index in [1.807, 2.05) is 12.1 Å². The first-order valence-electron chi connectivity index (χ1n) is 8.49. The first-order chi connectivity index (χ1) is 12.2. The molecule has 2 N–H and O–H groups in total. The summed E-state index contributed by atoms with van der Waals surface area (Å²) in [5, 5.41) is 10.9. The van der Waals surface area contributed by atoms with Crippen LogP contribution in [0.25, 0.3) is 11.4 Å². The highest BCUT2D eigenvalue weighted by molar-refractivity contribution is 6.30. The number of carbonyl (C=O) groups excluding carboxylic acids is 1. The third-order valence-electron chi connectivity index (χ3n) is 4.10. The van der Waals surface area contributed by atoms with Crippen molar-refractivity contribution < 1.29 is 9.32 Å². The van der Waals surface area contributed by atoms with Gasteiger partial charge in [-0.3, -0.25) is 9.69 Å². The quantitative estimate of drug-likeness (QED) is 0.737. The lowest BCUT2D eigenvalue weighted by Crippen LogP contribution is -2.46. The number of nitrogens with one attached hydrogen (secondary N) is 2. The van der Waals surface area contributed by atoms with E-state index in [-0.39, 0.29) is 18.3 Å². The Morgan fingerprint density at radius 2 is 2.00 bits per heavy atom. The third kappa shape index (κ3) is 6.25. The van der Waals surface area contributed by atoms with Gasteiger partial charge in [0.15, 0.2) is 0 Å². The Morgan fingerprint density at radius 1 is 1.27 bits per heavy atom. The van der Waals surface area contributed by atoms with Crippen molar-refractivity contribution in [3.05, 3.63) is 35.2 Å². The Morgan fingerprint density at radius 3 is 2.73 bits per heavy atom. The number of nitrogens with zero attached hydrogens (tertiary/aromatic N) is 3. The molecule has 1 saturated heterocycles. The molecule has 7 nitrogen and oxygen atoms in total. The second-order valence-electron chi connectivity index (χ2n) is 5.96. The van der Waals surface area contributed by atoms with Gasteiger partial charge in [0, 0.05) is 62.7 Å². The van der Waals surface area contributed by atoms with Gasteiger partial charge in [-0.05, 0) is 24.3 Å². The van der Waals surface area contributed by atoms with Gasteiger partial charge in [-0.2, -0.15) is 4.98 Å². The van der Waals surface area contributed by atoms with E-state index >= 15 is 0 Å². The minimum atomic E-state index is 0. The van der Waals surface area contributed by atoms with Gasteiger partial charge >= 0.3 is 0 Å². The maximum absolute atomic E-state index is 11.9. The Labute approximate surface area is 163 Å². The van der Waals surface area contributed by atoms with Crippen LogP contribution in [0.5, 0.6) is 0 Å². The zero-order valence-electron chi connectivity index (χ0n) is 14.4. The molecule has 26 heavy (non-hydrogen) atoms. The molecule has 142 valence electrons. The molecule has 0 aliphatic carbocycles. The van der Waals surface area contributed by atoms with E-state index < -0.39 is 0 Å². The number of hydrogen-bond acceptors (Lipinski definition) is 6. The van der Waals surface area contributed by atoms with Crippen molar-refractivity contribution in [2.75, 3.05) is 39.3 Å². The van der Waals surface area contributed by atoms with E-state index in [9.17, 15) is 4.79 Å². The van der Waals surface area contributed by atoms with Gasteiger partial charge in [-0.15, -0.1) is 12.4 Å². The van der Waals surface area contributed by atoms with Crippen molar-refractivity contribution in [3.8, 4) is 11.4 Å². The second kappa shape index (κ2) is 10.5. The lowest BCUT2D eigenvalue weighted by molar-refractivity contribution is -0.121. The molecule has 2 aromatic rings. The van der Waals surface area contributed by atoms with Gasteiger partial charge in [0.1, 0.15) is 0 Å². The first-order valence-corrected chi connectivity index (χ1v) is 8.87. The van der Waals surface area contributed by atoms with E-state index in [2.05, 4.69) is 25.7 Å². The predicted octanol–water partition coefficient (Wildman–Crippen LogP) is 1.77. The lowest BCUT2D eigenvalue weighted by atomic mass is 10.2. The normalized spacial score (nSPS) is 14.7. The standard InChI is InChI=1S/C17H22ClN5O2.ClH/c18-14-3-1-13(2-4-14)17-21-16(25-22-17)6-5-15(24)20-9-12-23-10-7-19-8-11-23;/h1-4,19H,5-12H2,(H,20,24);1H. The summed E-state index contributed by atoms with van der Waals surface area (Å²) < 4.78 is 5.21. The fourth-order valence-corrected chi connectivity index (χ4v) is 2.80. The number of aryl methyl sites for hydroxylation is 1. The number of amides is 1. The molecule has 1 aliphatic rings. The molecule has 0 unspecified atom stereocenters. The van der Waals surface area contributed by atoms with Crippen molar-refractivity contribution in [2.24, 2.45) is 0 Å². The molecule has 0 spiro atoms. The molecule has 0 radical (unpaired) electrons. The van der Waals surface area contributed by atoms with Crippen LogP contribution < -0.4 is 10.6 Å². The second-order valence-corrected chi connectivity index (χ2v) is 6.40. The smallest absolute Gasteiger partial charge is 0.227 e. The average molecular weight is 400 g/mol. The van der Waals surface area contributed by atoms with E-state index in [4.69, 9.17) is 16.1 Å². The SMILES string of the molecule is Cl.O=C(CCc1nc(-c2ccc(Cl)cc2)no1)NCCN1CCNCC1. The van der Waals surface area contributed by atoms with Gasteiger partial charge < -0.3 is 15.2 Å². The first kappa shape index (κ1) is 20.6. The van der Waals surface area contributed by atoms with Crippen LogP contribution in [0.2, 0.25) is 5.02 Å².